The third-order valence-corrected chi connectivity index (χ3v) is 4.86. The van der Waals surface area contributed by atoms with E-state index < -0.39 is 0 Å². The monoisotopic (exact) mass is 401 g/mol. The molecule has 0 heterocycles. The number of aryl methyl sites for hydroxylation is 3. The summed E-state index contributed by atoms with van der Waals surface area (Å²) in [6, 6.07) is 11.3. The van der Waals surface area contributed by atoms with Crippen LogP contribution in [0.5, 0.6) is 0 Å². The van der Waals surface area contributed by atoms with Gasteiger partial charge in [-0.25, -0.2) is 0 Å². The maximum absolute atomic E-state index is 12.4. The number of benzene rings is 2. The summed E-state index contributed by atoms with van der Waals surface area (Å²) in [5.74, 6) is -0.310. The van der Waals surface area contributed by atoms with Crippen LogP contribution in [-0.4, -0.2) is 36.9 Å². The molecular formula is C22H28ClN3O2. The van der Waals surface area contributed by atoms with Crippen LogP contribution >= 0.6 is 11.6 Å². The SMILES string of the molecule is Cc1cc(C)c(NC(=O)CN(C)CC(=O)N[C@H](C)c2ccccc2Cl)c(C)c1. The van der Waals surface area contributed by atoms with Gasteiger partial charge in [-0.05, 0) is 57.5 Å². The number of nitrogens with zero attached hydrogens (tertiary/aromatic N) is 1. The first-order valence-corrected chi connectivity index (χ1v) is 9.65. The van der Waals surface area contributed by atoms with Crippen LogP contribution in [0.4, 0.5) is 5.69 Å². The highest BCUT2D eigenvalue weighted by molar-refractivity contribution is 6.31. The molecule has 1 atom stereocenters. The lowest BCUT2D eigenvalue weighted by atomic mass is 10.1. The minimum Gasteiger partial charge on any atom is -0.348 e. The van der Waals surface area contributed by atoms with Crippen LogP contribution < -0.4 is 10.6 Å². The molecule has 150 valence electrons. The molecule has 2 rings (SSSR count). The minimum atomic E-state index is -0.207. The van der Waals surface area contributed by atoms with Gasteiger partial charge in [-0.3, -0.25) is 14.5 Å². The Bertz CT molecular complexity index is 844. The Morgan fingerprint density at radius 3 is 2.21 bits per heavy atom. The van der Waals surface area contributed by atoms with E-state index in [0.717, 1.165) is 27.9 Å². The van der Waals surface area contributed by atoms with Gasteiger partial charge >= 0.3 is 0 Å². The number of hydrogen-bond acceptors (Lipinski definition) is 3. The molecule has 0 spiro atoms. The van der Waals surface area contributed by atoms with Gasteiger partial charge in [-0.15, -0.1) is 0 Å². The molecule has 0 saturated carbocycles. The Labute approximate surface area is 172 Å². The van der Waals surface area contributed by atoms with Crippen LogP contribution in [0.3, 0.4) is 0 Å². The Kier molecular flexibility index (Phi) is 7.61. The highest BCUT2D eigenvalue weighted by atomic mass is 35.5. The van der Waals surface area contributed by atoms with Crippen molar-refractivity contribution in [3.8, 4) is 0 Å². The van der Waals surface area contributed by atoms with Gasteiger partial charge in [-0.1, -0.05) is 47.5 Å². The van der Waals surface area contributed by atoms with Crippen LogP contribution in [-0.2, 0) is 9.59 Å². The third kappa shape index (κ3) is 6.08. The van der Waals surface area contributed by atoms with Crippen molar-refractivity contribution in [2.24, 2.45) is 0 Å². The molecule has 0 aliphatic rings. The van der Waals surface area contributed by atoms with E-state index in [1.807, 2.05) is 58.0 Å². The lowest BCUT2D eigenvalue weighted by Crippen LogP contribution is -2.39. The van der Waals surface area contributed by atoms with Crippen molar-refractivity contribution < 1.29 is 9.59 Å². The molecule has 0 unspecified atom stereocenters. The predicted molar refractivity (Wildman–Crippen MR) is 115 cm³/mol. The first kappa shape index (κ1) is 21.9. The number of halogens is 1. The minimum absolute atomic E-state index is 0.119. The van der Waals surface area contributed by atoms with Gasteiger partial charge in [0.2, 0.25) is 11.8 Å². The van der Waals surface area contributed by atoms with Crippen molar-refractivity contribution >= 4 is 29.1 Å². The van der Waals surface area contributed by atoms with Crippen LogP contribution in [0, 0.1) is 20.8 Å². The summed E-state index contributed by atoms with van der Waals surface area (Å²) in [7, 11) is 1.74. The number of anilines is 1. The summed E-state index contributed by atoms with van der Waals surface area (Å²) >= 11 is 6.17. The van der Waals surface area contributed by atoms with Crippen molar-refractivity contribution in [1.29, 1.82) is 0 Å². The molecule has 0 aliphatic carbocycles. The molecule has 0 radical (unpaired) electrons. The quantitative estimate of drug-likeness (QED) is 0.736. The molecule has 5 nitrogen and oxygen atoms in total. The second kappa shape index (κ2) is 9.71. The second-order valence-corrected chi connectivity index (χ2v) is 7.71. The first-order chi connectivity index (χ1) is 13.2. The smallest absolute Gasteiger partial charge is 0.238 e. The largest absolute Gasteiger partial charge is 0.348 e. The summed E-state index contributed by atoms with van der Waals surface area (Å²) in [5.41, 5.74) is 4.91. The van der Waals surface area contributed by atoms with Gasteiger partial charge in [0.1, 0.15) is 0 Å². The number of hydrogen-bond donors (Lipinski definition) is 2. The summed E-state index contributed by atoms with van der Waals surface area (Å²) in [6.45, 7) is 8.11. The van der Waals surface area contributed by atoms with Gasteiger partial charge in [-0.2, -0.15) is 0 Å². The van der Waals surface area contributed by atoms with Crippen molar-refractivity contribution in [1.82, 2.24) is 10.2 Å². The van der Waals surface area contributed by atoms with E-state index in [-0.39, 0.29) is 30.9 Å². The van der Waals surface area contributed by atoms with Crippen molar-refractivity contribution in [2.45, 2.75) is 33.7 Å². The molecule has 0 fully saturated rings. The Hall–Kier alpha value is -2.37. The van der Waals surface area contributed by atoms with E-state index in [9.17, 15) is 9.59 Å². The van der Waals surface area contributed by atoms with Crippen LogP contribution in [0.2, 0.25) is 5.02 Å². The Balaban J connectivity index is 1.87. The van der Waals surface area contributed by atoms with E-state index in [4.69, 9.17) is 11.6 Å². The van der Waals surface area contributed by atoms with E-state index >= 15 is 0 Å². The fourth-order valence-corrected chi connectivity index (χ4v) is 3.59. The average molecular weight is 402 g/mol. The molecule has 2 aromatic rings. The summed E-state index contributed by atoms with van der Waals surface area (Å²) in [4.78, 5) is 26.4. The van der Waals surface area contributed by atoms with Crippen molar-refractivity contribution in [2.75, 3.05) is 25.5 Å². The molecule has 0 aromatic heterocycles. The molecular weight excluding hydrogens is 374 g/mol. The summed E-state index contributed by atoms with van der Waals surface area (Å²) in [5, 5.41) is 6.49. The van der Waals surface area contributed by atoms with Crippen LogP contribution in [0.25, 0.3) is 0 Å². The normalized spacial score (nSPS) is 12.0. The van der Waals surface area contributed by atoms with E-state index in [1.165, 1.54) is 0 Å². The van der Waals surface area contributed by atoms with E-state index in [0.29, 0.717) is 5.02 Å². The third-order valence-electron chi connectivity index (χ3n) is 4.52. The summed E-state index contributed by atoms with van der Waals surface area (Å²) in [6.07, 6.45) is 0. The first-order valence-electron chi connectivity index (χ1n) is 9.27. The number of amides is 2. The number of rotatable bonds is 7. The van der Waals surface area contributed by atoms with Gasteiger partial charge in [0.25, 0.3) is 0 Å². The molecule has 28 heavy (non-hydrogen) atoms. The maximum Gasteiger partial charge on any atom is 0.238 e. The highest BCUT2D eigenvalue weighted by Crippen LogP contribution is 2.22. The van der Waals surface area contributed by atoms with E-state index in [1.54, 1.807) is 18.0 Å². The molecule has 6 heteroatoms. The predicted octanol–water partition coefficient (Wildman–Crippen LogP) is 4.01. The zero-order valence-electron chi connectivity index (χ0n) is 17.1. The lowest BCUT2D eigenvalue weighted by molar-refractivity contribution is -0.123. The zero-order chi connectivity index (χ0) is 20.8. The lowest BCUT2D eigenvalue weighted by Gasteiger charge is -2.20. The van der Waals surface area contributed by atoms with Gasteiger partial charge in [0, 0.05) is 10.7 Å². The highest BCUT2D eigenvalue weighted by Gasteiger charge is 2.16. The van der Waals surface area contributed by atoms with Crippen molar-refractivity contribution in [3.63, 3.8) is 0 Å². The number of carbonyl (C=O) groups is 2. The van der Waals surface area contributed by atoms with Gasteiger partial charge in [0.15, 0.2) is 0 Å². The van der Waals surface area contributed by atoms with Crippen LogP contribution in [0.15, 0.2) is 36.4 Å². The van der Waals surface area contributed by atoms with Gasteiger partial charge < -0.3 is 10.6 Å². The summed E-state index contributed by atoms with van der Waals surface area (Å²) < 4.78 is 0. The molecule has 0 bridgehead atoms. The second-order valence-electron chi connectivity index (χ2n) is 7.30. The molecule has 2 N–H and O–H groups in total. The van der Waals surface area contributed by atoms with Gasteiger partial charge in [0.05, 0.1) is 19.1 Å². The number of carbonyl (C=O) groups excluding carboxylic acids is 2. The maximum atomic E-state index is 12.4. The Morgan fingerprint density at radius 1 is 1.04 bits per heavy atom. The fourth-order valence-electron chi connectivity index (χ4n) is 3.29. The molecule has 0 aliphatic heterocycles. The standard InChI is InChI=1S/C22H28ClN3O2/c1-14-10-15(2)22(16(3)11-14)25-21(28)13-26(5)12-20(27)24-17(4)18-8-6-7-9-19(18)23/h6-11,17H,12-13H2,1-5H3,(H,24,27)(H,25,28)/t17-/m1/s1. The molecule has 2 aromatic carbocycles. The molecule has 2 amide bonds. The van der Waals surface area contributed by atoms with E-state index in [2.05, 4.69) is 10.6 Å². The fraction of sp³-hybridized carbons (Fsp3) is 0.364. The van der Waals surface area contributed by atoms with Crippen molar-refractivity contribution in [3.05, 3.63) is 63.7 Å². The average Bonchev–Trinajstić information content (AvgIpc) is 2.58. The number of nitrogens with one attached hydrogen (secondary N) is 2. The molecule has 0 saturated heterocycles. The zero-order valence-corrected chi connectivity index (χ0v) is 17.9. The number of likely N-dealkylation sites (N-methyl/N-ethyl adjacent to an activating group) is 1. The van der Waals surface area contributed by atoms with Crippen LogP contribution in [0.1, 0.15) is 35.2 Å². The Morgan fingerprint density at radius 2 is 1.61 bits per heavy atom. The topological polar surface area (TPSA) is 61.4 Å².